The minimum atomic E-state index is 0.0358. The standard InChI is InChI=1S/C24H24N4O2S/c1-17-2-11-22-23(16-17)31-24(25-22)18-3-5-19(6-4-18)26-27-20-7-9-21(10-8-20)28(12-14-29)13-15-30/h2-11,16,29-30H,12-15H2,1H3. The molecule has 0 aliphatic carbocycles. The normalized spacial score (nSPS) is 11.5. The Kier molecular flexibility index (Phi) is 6.66. The SMILES string of the molecule is Cc1ccc2nc(-c3ccc(N=Nc4ccc(N(CCO)CCO)cc4)cc3)sc2c1. The number of aromatic nitrogens is 1. The van der Waals surface area contributed by atoms with Gasteiger partial charge in [0.2, 0.25) is 0 Å². The summed E-state index contributed by atoms with van der Waals surface area (Å²) in [6.45, 7) is 3.11. The molecule has 158 valence electrons. The van der Waals surface area contributed by atoms with Crippen LogP contribution in [0.2, 0.25) is 0 Å². The van der Waals surface area contributed by atoms with E-state index in [1.807, 2.05) is 53.4 Å². The van der Waals surface area contributed by atoms with Crippen molar-refractivity contribution in [2.75, 3.05) is 31.2 Å². The third-order valence-corrected chi connectivity index (χ3v) is 5.96. The number of azo groups is 1. The van der Waals surface area contributed by atoms with Gasteiger partial charge in [0.05, 0.1) is 34.8 Å². The lowest BCUT2D eigenvalue weighted by atomic mass is 10.2. The molecule has 7 heteroatoms. The van der Waals surface area contributed by atoms with Gasteiger partial charge in [-0.1, -0.05) is 6.07 Å². The highest BCUT2D eigenvalue weighted by Gasteiger charge is 2.07. The number of aliphatic hydroxyl groups excluding tert-OH is 2. The molecule has 0 unspecified atom stereocenters. The fourth-order valence-electron chi connectivity index (χ4n) is 3.28. The molecule has 0 saturated heterocycles. The molecule has 1 aromatic heterocycles. The fourth-order valence-corrected chi connectivity index (χ4v) is 4.35. The third kappa shape index (κ3) is 5.14. The monoisotopic (exact) mass is 432 g/mol. The molecule has 2 N–H and O–H groups in total. The highest BCUT2D eigenvalue weighted by Crippen LogP contribution is 2.32. The van der Waals surface area contributed by atoms with E-state index in [1.54, 1.807) is 11.3 Å². The first kappa shape index (κ1) is 21.1. The first-order valence-corrected chi connectivity index (χ1v) is 10.9. The Balaban J connectivity index is 1.45. The van der Waals surface area contributed by atoms with Crippen LogP contribution in [0.3, 0.4) is 0 Å². The Morgan fingerprint density at radius 2 is 1.45 bits per heavy atom. The zero-order chi connectivity index (χ0) is 21.6. The van der Waals surface area contributed by atoms with Gasteiger partial charge in [0.25, 0.3) is 0 Å². The molecule has 6 nitrogen and oxygen atoms in total. The van der Waals surface area contributed by atoms with Crippen molar-refractivity contribution in [1.82, 2.24) is 4.98 Å². The number of hydrogen-bond acceptors (Lipinski definition) is 7. The van der Waals surface area contributed by atoms with Crippen molar-refractivity contribution in [2.24, 2.45) is 10.2 Å². The van der Waals surface area contributed by atoms with Crippen LogP contribution in [0, 0.1) is 6.92 Å². The van der Waals surface area contributed by atoms with E-state index in [1.165, 1.54) is 10.3 Å². The van der Waals surface area contributed by atoms with Crippen LogP contribution in [-0.4, -0.2) is 41.5 Å². The van der Waals surface area contributed by atoms with Gasteiger partial charge < -0.3 is 15.1 Å². The largest absolute Gasteiger partial charge is 0.395 e. The maximum Gasteiger partial charge on any atom is 0.124 e. The average molecular weight is 433 g/mol. The maximum absolute atomic E-state index is 9.17. The Hall–Kier alpha value is -3.13. The summed E-state index contributed by atoms with van der Waals surface area (Å²) in [7, 11) is 0. The quantitative estimate of drug-likeness (QED) is 0.361. The van der Waals surface area contributed by atoms with E-state index in [0.717, 1.165) is 33.1 Å². The van der Waals surface area contributed by atoms with Crippen LogP contribution >= 0.6 is 11.3 Å². The molecular formula is C24H24N4O2S. The molecule has 0 amide bonds. The van der Waals surface area contributed by atoms with Crippen molar-refractivity contribution < 1.29 is 10.2 Å². The third-order valence-electron chi connectivity index (χ3n) is 4.89. The van der Waals surface area contributed by atoms with Crippen molar-refractivity contribution >= 4 is 38.6 Å². The summed E-state index contributed by atoms with van der Waals surface area (Å²) in [5.41, 5.74) is 5.76. The Labute approximate surface area is 185 Å². The van der Waals surface area contributed by atoms with Gasteiger partial charge in [0.15, 0.2) is 0 Å². The number of anilines is 1. The summed E-state index contributed by atoms with van der Waals surface area (Å²) in [4.78, 5) is 6.64. The second-order valence-corrected chi connectivity index (χ2v) is 8.22. The molecule has 3 aromatic carbocycles. The highest BCUT2D eigenvalue weighted by atomic mass is 32.1. The summed E-state index contributed by atoms with van der Waals surface area (Å²) >= 11 is 1.69. The molecule has 1 heterocycles. The van der Waals surface area contributed by atoms with Gasteiger partial charge in [-0.3, -0.25) is 0 Å². The van der Waals surface area contributed by atoms with Gasteiger partial charge in [0, 0.05) is 24.3 Å². The van der Waals surface area contributed by atoms with E-state index in [0.29, 0.717) is 13.1 Å². The average Bonchev–Trinajstić information content (AvgIpc) is 3.21. The molecular weight excluding hydrogens is 408 g/mol. The number of benzene rings is 3. The molecule has 0 spiro atoms. The van der Waals surface area contributed by atoms with Crippen LogP contribution in [0.5, 0.6) is 0 Å². The highest BCUT2D eigenvalue weighted by molar-refractivity contribution is 7.21. The summed E-state index contributed by atoms with van der Waals surface area (Å²) in [6, 6.07) is 21.8. The fraction of sp³-hybridized carbons (Fsp3) is 0.208. The smallest absolute Gasteiger partial charge is 0.124 e. The second-order valence-electron chi connectivity index (χ2n) is 7.19. The van der Waals surface area contributed by atoms with Crippen LogP contribution < -0.4 is 4.90 Å². The predicted octanol–water partition coefficient (Wildman–Crippen LogP) is 5.48. The Morgan fingerprint density at radius 3 is 2.06 bits per heavy atom. The van der Waals surface area contributed by atoms with Crippen LogP contribution in [0.15, 0.2) is 77.0 Å². The lowest BCUT2D eigenvalue weighted by Crippen LogP contribution is -2.29. The van der Waals surface area contributed by atoms with E-state index in [2.05, 4.69) is 35.4 Å². The molecule has 4 rings (SSSR count). The number of aliphatic hydroxyl groups is 2. The first-order chi connectivity index (χ1) is 15.2. The molecule has 0 bridgehead atoms. The predicted molar refractivity (Wildman–Crippen MR) is 127 cm³/mol. The zero-order valence-corrected chi connectivity index (χ0v) is 18.1. The van der Waals surface area contributed by atoms with E-state index in [4.69, 9.17) is 15.2 Å². The number of fused-ring (bicyclic) bond motifs is 1. The minimum absolute atomic E-state index is 0.0358. The van der Waals surface area contributed by atoms with Crippen molar-refractivity contribution in [3.8, 4) is 10.6 Å². The molecule has 0 aliphatic heterocycles. The summed E-state index contributed by atoms with van der Waals surface area (Å²) in [5.74, 6) is 0. The van der Waals surface area contributed by atoms with Gasteiger partial charge in [-0.2, -0.15) is 10.2 Å². The van der Waals surface area contributed by atoms with Gasteiger partial charge in [-0.25, -0.2) is 4.98 Å². The van der Waals surface area contributed by atoms with Crippen molar-refractivity contribution in [3.63, 3.8) is 0 Å². The lowest BCUT2D eigenvalue weighted by Gasteiger charge is -2.22. The lowest BCUT2D eigenvalue weighted by molar-refractivity contribution is 0.281. The summed E-state index contributed by atoms with van der Waals surface area (Å²) in [5, 5.41) is 28.0. The van der Waals surface area contributed by atoms with Gasteiger partial charge in [0.1, 0.15) is 5.01 Å². The van der Waals surface area contributed by atoms with E-state index in [9.17, 15) is 0 Å². The number of nitrogens with zero attached hydrogens (tertiary/aromatic N) is 4. The number of aryl methyl sites for hydroxylation is 1. The van der Waals surface area contributed by atoms with E-state index in [-0.39, 0.29) is 13.2 Å². The molecule has 0 saturated carbocycles. The maximum atomic E-state index is 9.17. The summed E-state index contributed by atoms with van der Waals surface area (Å²) in [6.07, 6.45) is 0. The van der Waals surface area contributed by atoms with Crippen LogP contribution in [0.4, 0.5) is 17.1 Å². The second kappa shape index (κ2) is 9.78. The molecule has 0 atom stereocenters. The van der Waals surface area contributed by atoms with Crippen LogP contribution in [0.1, 0.15) is 5.56 Å². The molecule has 0 aliphatic rings. The molecule has 0 radical (unpaired) electrons. The molecule has 31 heavy (non-hydrogen) atoms. The van der Waals surface area contributed by atoms with E-state index < -0.39 is 0 Å². The molecule has 4 aromatic rings. The number of hydrogen-bond donors (Lipinski definition) is 2. The van der Waals surface area contributed by atoms with Crippen molar-refractivity contribution in [1.29, 1.82) is 0 Å². The van der Waals surface area contributed by atoms with Gasteiger partial charge in [-0.05, 0) is 73.2 Å². The Morgan fingerprint density at radius 1 is 0.839 bits per heavy atom. The Bertz CT molecular complexity index is 1160. The number of rotatable bonds is 8. The topological polar surface area (TPSA) is 81.3 Å². The van der Waals surface area contributed by atoms with Crippen molar-refractivity contribution in [2.45, 2.75) is 6.92 Å². The van der Waals surface area contributed by atoms with Crippen LogP contribution in [-0.2, 0) is 0 Å². The minimum Gasteiger partial charge on any atom is -0.395 e. The van der Waals surface area contributed by atoms with Crippen molar-refractivity contribution in [3.05, 3.63) is 72.3 Å². The van der Waals surface area contributed by atoms with Gasteiger partial charge in [-0.15, -0.1) is 11.3 Å². The zero-order valence-electron chi connectivity index (χ0n) is 17.3. The number of thiazole rings is 1. The molecule has 0 fully saturated rings. The summed E-state index contributed by atoms with van der Waals surface area (Å²) < 4.78 is 1.19. The van der Waals surface area contributed by atoms with Crippen LogP contribution in [0.25, 0.3) is 20.8 Å². The van der Waals surface area contributed by atoms with E-state index >= 15 is 0 Å². The van der Waals surface area contributed by atoms with Gasteiger partial charge >= 0.3 is 0 Å². The first-order valence-electron chi connectivity index (χ1n) is 10.1.